The molecular formula is C23H30FN. The minimum Gasteiger partial charge on any atom is -0.257 e. The number of aryl methyl sites for hydroxylation is 1. The Morgan fingerprint density at radius 1 is 0.960 bits per heavy atom. The average molecular weight is 339 g/mol. The molecule has 0 bridgehead atoms. The molecule has 2 rings (SSSR count). The lowest BCUT2D eigenvalue weighted by Crippen LogP contribution is -1.92. The van der Waals surface area contributed by atoms with Gasteiger partial charge in [-0.1, -0.05) is 62.7 Å². The molecule has 0 aromatic heterocycles. The number of hydrogen-bond acceptors (Lipinski definition) is 1. The second-order valence-electron chi connectivity index (χ2n) is 5.99. The summed E-state index contributed by atoms with van der Waals surface area (Å²) in [5.74, 6) is -0.171. The van der Waals surface area contributed by atoms with Gasteiger partial charge in [0.15, 0.2) is 0 Å². The van der Waals surface area contributed by atoms with E-state index in [4.69, 9.17) is 4.99 Å². The summed E-state index contributed by atoms with van der Waals surface area (Å²) < 4.78 is 12.1. The highest BCUT2D eigenvalue weighted by atomic mass is 19.1. The molecule has 0 N–H and O–H groups in total. The van der Waals surface area contributed by atoms with Crippen LogP contribution in [0.4, 0.5) is 10.1 Å². The molecule has 2 heteroatoms. The molecule has 0 unspecified atom stereocenters. The number of nitrogens with zero attached hydrogens (tertiary/aromatic N) is 1. The average Bonchev–Trinajstić information content (AvgIpc) is 2.63. The van der Waals surface area contributed by atoms with E-state index in [2.05, 4.69) is 58.0 Å². The highest BCUT2D eigenvalue weighted by Crippen LogP contribution is 2.27. The summed E-state index contributed by atoms with van der Waals surface area (Å²) in [5.41, 5.74) is 6.04. The molecule has 0 radical (unpaired) electrons. The van der Waals surface area contributed by atoms with E-state index in [0.29, 0.717) is 0 Å². The first kappa shape index (κ1) is 20.8. The third-order valence-corrected chi connectivity index (χ3v) is 3.94. The Morgan fingerprint density at radius 3 is 2.08 bits per heavy atom. The quantitative estimate of drug-likeness (QED) is 0.499. The van der Waals surface area contributed by atoms with Crippen molar-refractivity contribution >= 4 is 17.0 Å². The summed E-state index contributed by atoms with van der Waals surface area (Å²) in [7, 11) is 0. The van der Waals surface area contributed by atoms with Crippen molar-refractivity contribution in [3.05, 3.63) is 71.6 Å². The molecule has 2 aromatic rings. The standard InChI is InChI=1S/C16H23N.C7H7F/c1-5-10-13(4)15-11-8-9-12-16(15)17-14(6-2)7-3;1-6-2-4-7(8)5-3-6/h8-12H,5-7H2,1-4H3;2-5H,1H3/b13-10-;. The van der Waals surface area contributed by atoms with E-state index >= 15 is 0 Å². The van der Waals surface area contributed by atoms with Crippen LogP contribution in [0.25, 0.3) is 5.57 Å². The van der Waals surface area contributed by atoms with Crippen molar-refractivity contribution in [3.63, 3.8) is 0 Å². The Balaban J connectivity index is 0.000000324. The van der Waals surface area contributed by atoms with Gasteiger partial charge in [0.05, 0.1) is 5.69 Å². The van der Waals surface area contributed by atoms with Gasteiger partial charge in [-0.3, -0.25) is 4.99 Å². The number of aliphatic imine (C=N–C) groups is 1. The molecule has 0 aliphatic carbocycles. The largest absolute Gasteiger partial charge is 0.257 e. The van der Waals surface area contributed by atoms with Crippen molar-refractivity contribution in [2.45, 2.75) is 53.9 Å². The van der Waals surface area contributed by atoms with Gasteiger partial charge in [-0.25, -0.2) is 4.39 Å². The van der Waals surface area contributed by atoms with E-state index < -0.39 is 0 Å². The maximum absolute atomic E-state index is 12.1. The van der Waals surface area contributed by atoms with Gasteiger partial charge in [-0.15, -0.1) is 0 Å². The van der Waals surface area contributed by atoms with Crippen LogP contribution in [0.15, 0.2) is 59.6 Å². The third kappa shape index (κ3) is 7.47. The number of rotatable bonds is 5. The van der Waals surface area contributed by atoms with E-state index in [0.717, 1.165) is 30.5 Å². The molecule has 25 heavy (non-hydrogen) atoms. The van der Waals surface area contributed by atoms with Gasteiger partial charge in [0.25, 0.3) is 0 Å². The molecule has 0 heterocycles. The molecule has 2 aromatic carbocycles. The molecule has 0 atom stereocenters. The van der Waals surface area contributed by atoms with Crippen LogP contribution in [0.2, 0.25) is 0 Å². The van der Waals surface area contributed by atoms with Crippen LogP contribution in [-0.4, -0.2) is 5.71 Å². The second-order valence-corrected chi connectivity index (χ2v) is 5.99. The van der Waals surface area contributed by atoms with Crippen molar-refractivity contribution in [1.29, 1.82) is 0 Å². The van der Waals surface area contributed by atoms with E-state index in [1.807, 2.05) is 6.92 Å². The maximum Gasteiger partial charge on any atom is 0.123 e. The van der Waals surface area contributed by atoms with Crippen LogP contribution in [-0.2, 0) is 0 Å². The van der Waals surface area contributed by atoms with Gasteiger partial charge in [0, 0.05) is 11.3 Å². The van der Waals surface area contributed by atoms with Gasteiger partial charge in [0.1, 0.15) is 5.82 Å². The number of hydrogen-bond donors (Lipinski definition) is 0. The van der Waals surface area contributed by atoms with Gasteiger partial charge < -0.3 is 0 Å². The molecule has 134 valence electrons. The normalized spacial score (nSPS) is 10.7. The van der Waals surface area contributed by atoms with Crippen LogP contribution in [0.1, 0.15) is 58.1 Å². The van der Waals surface area contributed by atoms with Crippen LogP contribution < -0.4 is 0 Å². The number of allylic oxidation sites excluding steroid dienone is 2. The number of halogens is 1. The zero-order valence-corrected chi connectivity index (χ0v) is 16.1. The molecule has 0 aliphatic heterocycles. The first-order valence-electron chi connectivity index (χ1n) is 9.06. The molecule has 0 spiro atoms. The van der Waals surface area contributed by atoms with E-state index in [-0.39, 0.29) is 5.82 Å². The van der Waals surface area contributed by atoms with Gasteiger partial charge in [-0.05, 0) is 56.9 Å². The molecule has 0 saturated heterocycles. The fraction of sp³-hybridized carbons (Fsp3) is 0.348. The lowest BCUT2D eigenvalue weighted by molar-refractivity contribution is 0.627. The predicted molar refractivity (Wildman–Crippen MR) is 109 cm³/mol. The predicted octanol–water partition coefficient (Wildman–Crippen LogP) is 7.53. The summed E-state index contributed by atoms with van der Waals surface area (Å²) in [5, 5.41) is 0. The summed E-state index contributed by atoms with van der Waals surface area (Å²) in [6.45, 7) is 10.6. The summed E-state index contributed by atoms with van der Waals surface area (Å²) in [6, 6.07) is 14.8. The minimum atomic E-state index is -0.171. The van der Waals surface area contributed by atoms with E-state index in [1.165, 1.54) is 29.0 Å². The third-order valence-electron chi connectivity index (χ3n) is 3.94. The summed E-state index contributed by atoms with van der Waals surface area (Å²) in [4.78, 5) is 4.77. The van der Waals surface area contributed by atoms with Crippen LogP contribution in [0.3, 0.4) is 0 Å². The monoisotopic (exact) mass is 339 g/mol. The molecular weight excluding hydrogens is 309 g/mol. The minimum absolute atomic E-state index is 0.171. The van der Waals surface area contributed by atoms with E-state index in [1.54, 1.807) is 12.1 Å². The van der Waals surface area contributed by atoms with Gasteiger partial charge in [-0.2, -0.15) is 0 Å². The Bertz CT molecular complexity index is 669. The first-order chi connectivity index (χ1) is 12.0. The second kappa shape index (κ2) is 11.4. The van der Waals surface area contributed by atoms with Crippen molar-refractivity contribution in [2.75, 3.05) is 0 Å². The lowest BCUT2D eigenvalue weighted by Gasteiger charge is -2.07. The van der Waals surface area contributed by atoms with Crippen molar-refractivity contribution in [1.82, 2.24) is 0 Å². The fourth-order valence-electron chi connectivity index (χ4n) is 2.43. The number of benzene rings is 2. The molecule has 0 amide bonds. The Hall–Kier alpha value is -2.22. The lowest BCUT2D eigenvalue weighted by atomic mass is 10.0. The topological polar surface area (TPSA) is 12.4 Å². The van der Waals surface area contributed by atoms with Gasteiger partial charge in [0.2, 0.25) is 0 Å². The highest BCUT2D eigenvalue weighted by molar-refractivity contribution is 5.88. The zero-order chi connectivity index (χ0) is 18.7. The van der Waals surface area contributed by atoms with Gasteiger partial charge >= 0.3 is 0 Å². The maximum atomic E-state index is 12.1. The summed E-state index contributed by atoms with van der Waals surface area (Å²) >= 11 is 0. The summed E-state index contributed by atoms with van der Waals surface area (Å²) in [6.07, 6.45) is 5.38. The zero-order valence-electron chi connectivity index (χ0n) is 16.1. The van der Waals surface area contributed by atoms with Crippen LogP contribution in [0, 0.1) is 12.7 Å². The first-order valence-corrected chi connectivity index (χ1v) is 9.06. The highest BCUT2D eigenvalue weighted by Gasteiger charge is 2.03. The fourth-order valence-corrected chi connectivity index (χ4v) is 2.43. The Morgan fingerprint density at radius 2 is 1.56 bits per heavy atom. The Kier molecular flexibility index (Phi) is 9.46. The molecule has 0 saturated carbocycles. The smallest absolute Gasteiger partial charge is 0.123 e. The van der Waals surface area contributed by atoms with Crippen LogP contribution >= 0.6 is 0 Å². The molecule has 0 aliphatic rings. The van der Waals surface area contributed by atoms with E-state index in [9.17, 15) is 4.39 Å². The van der Waals surface area contributed by atoms with Crippen molar-refractivity contribution < 1.29 is 4.39 Å². The van der Waals surface area contributed by atoms with Crippen LogP contribution in [0.5, 0.6) is 0 Å². The number of para-hydroxylation sites is 1. The molecule has 0 fully saturated rings. The molecule has 1 nitrogen and oxygen atoms in total. The Labute approximate surface area is 152 Å². The van der Waals surface area contributed by atoms with Crippen molar-refractivity contribution in [3.8, 4) is 0 Å². The van der Waals surface area contributed by atoms with Crippen molar-refractivity contribution in [2.24, 2.45) is 4.99 Å². The SMILES string of the molecule is CC/C=C(/C)c1ccccc1N=C(CC)CC.Cc1ccc(F)cc1.